The first-order valence-corrected chi connectivity index (χ1v) is 7.17. The van der Waals surface area contributed by atoms with E-state index in [2.05, 4.69) is 21.2 Å². The second-order valence-electron chi connectivity index (χ2n) is 4.48. The molecule has 0 bridgehead atoms. The quantitative estimate of drug-likeness (QED) is 0.662. The first-order chi connectivity index (χ1) is 9.84. The van der Waals surface area contributed by atoms with E-state index in [4.69, 9.17) is 0 Å². The lowest BCUT2D eigenvalue weighted by atomic mass is 10.1. The zero-order valence-electron chi connectivity index (χ0n) is 11.1. The number of nitrogens with one attached hydrogen (secondary N) is 1. The summed E-state index contributed by atoms with van der Waals surface area (Å²) in [6.45, 7) is 0. The highest BCUT2D eigenvalue weighted by Gasteiger charge is 2.51. The van der Waals surface area contributed by atoms with E-state index in [1.54, 1.807) is 30.3 Å². The maximum atomic E-state index is 13.2. The molecule has 0 fully saturated rings. The molecule has 0 aromatic heterocycles. The van der Waals surface area contributed by atoms with Crippen LogP contribution in [-0.4, -0.2) is 40.6 Å². The van der Waals surface area contributed by atoms with Crippen LogP contribution in [0.4, 0.5) is 18.9 Å². The van der Waals surface area contributed by atoms with Crippen molar-refractivity contribution in [3.05, 3.63) is 42.1 Å². The Labute approximate surface area is 128 Å². The van der Waals surface area contributed by atoms with Gasteiger partial charge in [-0.3, -0.25) is 4.79 Å². The molecule has 1 aromatic carbocycles. The Morgan fingerprint density at radius 2 is 1.95 bits per heavy atom. The van der Waals surface area contributed by atoms with Gasteiger partial charge in [0, 0.05) is 18.9 Å². The molecule has 2 rings (SSSR count). The Hall–Kier alpha value is -1.54. The van der Waals surface area contributed by atoms with E-state index >= 15 is 0 Å². The zero-order valence-corrected chi connectivity index (χ0v) is 12.6. The van der Waals surface area contributed by atoms with Crippen LogP contribution in [0.15, 0.2) is 42.1 Å². The van der Waals surface area contributed by atoms with E-state index in [9.17, 15) is 18.0 Å². The number of halogens is 4. The maximum Gasteiger partial charge on any atom is 0.410 e. The molecule has 0 saturated carbocycles. The molecule has 1 unspecified atom stereocenters. The summed E-state index contributed by atoms with van der Waals surface area (Å²) in [5, 5.41) is 4.75. The lowest BCUT2D eigenvalue weighted by molar-refractivity contribution is -0.188. The summed E-state index contributed by atoms with van der Waals surface area (Å²) < 4.78 is 39.6. The standard InChI is InChI=1S/C13H13BrF3N3O/c1-19-7-10(11(13(15,16)17)20(19)8-14)12(21)18-9-5-3-2-4-6-9/h2-7,11H,8H2,1H3,(H,18,21). The molecule has 0 saturated heterocycles. The monoisotopic (exact) mass is 363 g/mol. The van der Waals surface area contributed by atoms with Crippen LogP contribution >= 0.6 is 15.9 Å². The Kier molecular flexibility index (Phi) is 4.58. The fourth-order valence-corrected chi connectivity index (χ4v) is 2.74. The van der Waals surface area contributed by atoms with Gasteiger partial charge in [0.05, 0.1) is 11.0 Å². The number of anilines is 1. The molecular formula is C13H13BrF3N3O. The molecule has 0 aliphatic carbocycles. The van der Waals surface area contributed by atoms with Gasteiger partial charge in [0.25, 0.3) is 5.91 Å². The minimum absolute atomic E-state index is 0.0354. The van der Waals surface area contributed by atoms with Gasteiger partial charge in [-0.15, -0.1) is 0 Å². The van der Waals surface area contributed by atoms with Crippen LogP contribution in [0.2, 0.25) is 0 Å². The number of carbonyl (C=O) groups is 1. The summed E-state index contributed by atoms with van der Waals surface area (Å²) in [7, 11) is 1.46. The van der Waals surface area contributed by atoms with Gasteiger partial charge in [0.15, 0.2) is 6.04 Å². The lowest BCUT2D eigenvalue weighted by Gasteiger charge is -2.30. The number of hydrogen-bond acceptors (Lipinski definition) is 3. The van der Waals surface area contributed by atoms with E-state index in [1.807, 2.05) is 0 Å². The molecule has 1 N–H and O–H groups in total. The highest BCUT2D eigenvalue weighted by molar-refractivity contribution is 9.09. The summed E-state index contributed by atoms with van der Waals surface area (Å²) >= 11 is 3.01. The van der Waals surface area contributed by atoms with Crippen molar-refractivity contribution in [3.8, 4) is 0 Å². The van der Waals surface area contributed by atoms with Gasteiger partial charge in [-0.2, -0.15) is 18.2 Å². The molecular weight excluding hydrogens is 351 g/mol. The molecule has 8 heteroatoms. The van der Waals surface area contributed by atoms with Crippen LogP contribution in [-0.2, 0) is 4.79 Å². The van der Waals surface area contributed by atoms with Crippen molar-refractivity contribution in [1.29, 1.82) is 0 Å². The van der Waals surface area contributed by atoms with E-state index in [1.165, 1.54) is 18.3 Å². The number of benzene rings is 1. The zero-order chi connectivity index (χ0) is 15.6. The minimum Gasteiger partial charge on any atom is -0.322 e. The van der Waals surface area contributed by atoms with Gasteiger partial charge in [0.1, 0.15) is 0 Å². The molecule has 0 radical (unpaired) electrons. The predicted molar refractivity (Wildman–Crippen MR) is 76.4 cm³/mol. The number of alkyl halides is 4. The molecule has 114 valence electrons. The fourth-order valence-electron chi connectivity index (χ4n) is 2.09. The summed E-state index contributed by atoms with van der Waals surface area (Å²) in [5.74, 6) is -0.765. The summed E-state index contributed by atoms with van der Waals surface area (Å²) in [6, 6.07) is 6.39. The number of rotatable bonds is 3. The van der Waals surface area contributed by atoms with Crippen LogP contribution in [0.3, 0.4) is 0 Å². The van der Waals surface area contributed by atoms with E-state index < -0.39 is 18.1 Å². The molecule has 21 heavy (non-hydrogen) atoms. The fraction of sp³-hybridized carbons (Fsp3) is 0.308. The maximum absolute atomic E-state index is 13.2. The van der Waals surface area contributed by atoms with E-state index in [-0.39, 0.29) is 11.0 Å². The number of carbonyl (C=O) groups excluding carboxylic acids is 1. The van der Waals surface area contributed by atoms with Crippen molar-refractivity contribution >= 4 is 27.5 Å². The summed E-state index contributed by atoms with van der Waals surface area (Å²) in [4.78, 5) is 12.1. The Bertz CT molecular complexity index is 547. The topological polar surface area (TPSA) is 35.6 Å². The molecule has 1 aliphatic rings. The molecule has 1 aromatic rings. The third-order valence-electron chi connectivity index (χ3n) is 3.05. The van der Waals surface area contributed by atoms with Crippen molar-refractivity contribution < 1.29 is 18.0 Å². The van der Waals surface area contributed by atoms with Gasteiger partial charge in [-0.1, -0.05) is 34.1 Å². The van der Waals surface area contributed by atoms with Crippen LogP contribution in [0.25, 0.3) is 0 Å². The summed E-state index contributed by atoms with van der Waals surface area (Å²) in [6.07, 6.45) is -3.35. The van der Waals surface area contributed by atoms with Gasteiger partial charge in [-0.05, 0) is 12.1 Å². The molecule has 1 aliphatic heterocycles. The van der Waals surface area contributed by atoms with E-state index in [0.29, 0.717) is 5.69 Å². The van der Waals surface area contributed by atoms with Crippen LogP contribution in [0.5, 0.6) is 0 Å². The first kappa shape index (κ1) is 15.8. The van der Waals surface area contributed by atoms with Gasteiger partial charge in [0.2, 0.25) is 0 Å². The second-order valence-corrected chi connectivity index (χ2v) is 4.98. The number of nitrogens with zero attached hydrogens (tertiary/aromatic N) is 2. The van der Waals surface area contributed by atoms with Gasteiger partial charge >= 0.3 is 6.18 Å². The van der Waals surface area contributed by atoms with Crippen LogP contribution in [0, 0.1) is 0 Å². The van der Waals surface area contributed by atoms with Gasteiger partial charge < -0.3 is 10.3 Å². The summed E-state index contributed by atoms with van der Waals surface area (Å²) in [5.41, 5.74) is 0.0734. The number of hydrazine groups is 1. The largest absolute Gasteiger partial charge is 0.410 e. The Morgan fingerprint density at radius 1 is 1.33 bits per heavy atom. The Morgan fingerprint density at radius 3 is 2.48 bits per heavy atom. The van der Waals surface area contributed by atoms with Crippen LogP contribution in [0.1, 0.15) is 0 Å². The van der Waals surface area contributed by atoms with Crippen molar-refractivity contribution in [2.24, 2.45) is 0 Å². The molecule has 0 spiro atoms. The van der Waals surface area contributed by atoms with Crippen LogP contribution < -0.4 is 5.32 Å². The normalized spacial score (nSPS) is 19.6. The highest BCUT2D eigenvalue weighted by atomic mass is 79.9. The Balaban J connectivity index is 2.24. The first-order valence-electron chi connectivity index (χ1n) is 6.04. The van der Waals surface area contributed by atoms with Crippen molar-refractivity contribution in [2.75, 3.05) is 17.8 Å². The average Bonchev–Trinajstić information content (AvgIpc) is 2.76. The minimum atomic E-state index is -4.54. The van der Waals surface area contributed by atoms with E-state index in [0.717, 1.165) is 5.01 Å². The number of para-hydroxylation sites is 1. The number of hydrogen-bond donors (Lipinski definition) is 1. The SMILES string of the molecule is CN1C=C(C(=O)Nc2ccccc2)C(C(F)(F)F)N1CBr. The van der Waals surface area contributed by atoms with Crippen molar-refractivity contribution in [2.45, 2.75) is 12.2 Å². The third-order valence-corrected chi connectivity index (χ3v) is 3.56. The molecule has 1 atom stereocenters. The van der Waals surface area contributed by atoms with Crippen molar-refractivity contribution in [1.82, 2.24) is 10.0 Å². The lowest BCUT2D eigenvalue weighted by Crippen LogP contribution is -2.48. The predicted octanol–water partition coefficient (Wildman–Crippen LogP) is 2.95. The van der Waals surface area contributed by atoms with Crippen molar-refractivity contribution in [3.63, 3.8) is 0 Å². The smallest absolute Gasteiger partial charge is 0.322 e. The second kappa shape index (κ2) is 6.07. The molecule has 4 nitrogen and oxygen atoms in total. The third kappa shape index (κ3) is 3.38. The molecule has 1 heterocycles. The average molecular weight is 364 g/mol. The molecule has 1 amide bonds. The highest BCUT2D eigenvalue weighted by Crippen LogP contribution is 2.35. The number of amides is 1. The van der Waals surface area contributed by atoms with Gasteiger partial charge in [-0.25, -0.2) is 0 Å².